The van der Waals surface area contributed by atoms with E-state index in [4.69, 9.17) is 9.47 Å². The Hall–Kier alpha value is -0.860. The van der Waals surface area contributed by atoms with E-state index in [9.17, 15) is 5.11 Å². The van der Waals surface area contributed by atoms with E-state index in [1.54, 1.807) is 0 Å². The highest BCUT2D eigenvalue weighted by Gasteiger charge is 2.13. The molecule has 0 saturated carbocycles. The van der Waals surface area contributed by atoms with Crippen molar-refractivity contribution >= 4 is 15.9 Å². The fourth-order valence-electron chi connectivity index (χ4n) is 2.61. The number of hydrogen-bond acceptors (Lipinski definition) is 3. The molecule has 1 aliphatic rings. The smallest absolute Gasteiger partial charge is 0.157 e. The summed E-state index contributed by atoms with van der Waals surface area (Å²) in [6, 6.07) is 7.72. The lowest BCUT2D eigenvalue weighted by Gasteiger charge is -2.22. The van der Waals surface area contributed by atoms with E-state index in [-0.39, 0.29) is 6.29 Å². The van der Waals surface area contributed by atoms with E-state index in [0.29, 0.717) is 6.42 Å². The molecular formula is C20H27BrO3. The lowest BCUT2D eigenvalue weighted by molar-refractivity contribution is -0.162. The standard InChI is InChI=1S/C20H27BrO3/c21-18-13-11-17(12-14-18)19(22)9-5-3-1-2-4-7-15-23-20-10-6-8-16-24-20/h11-14,19-20,22H,1-2,4,6-10,15-16H2. The molecule has 24 heavy (non-hydrogen) atoms. The predicted molar refractivity (Wildman–Crippen MR) is 99.5 cm³/mol. The van der Waals surface area contributed by atoms with E-state index >= 15 is 0 Å². The Bertz CT molecular complexity index is 512. The molecule has 1 aromatic rings. The number of aliphatic hydroxyl groups excluding tert-OH is 1. The summed E-state index contributed by atoms with van der Waals surface area (Å²) < 4.78 is 12.3. The van der Waals surface area contributed by atoms with Crippen LogP contribution in [-0.2, 0) is 9.47 Å². The maximum absolute atomic E-state index is 10.1. The lowest BCUT2D eigenvalue weighted by Crippen LogP contribution is -2.22. The summed E-state index contributed by atoms with van der Waals surface area (Å²) in [7, 11) is 0. The third-order valence-corrected chi connectivity index (χ3v) is 4.59. The number of aliphatic hydroxyl groups is 1. The molecule has 3 nitrogen and oxygen atoms in total. The second-order valence-corrected chi connectivity index (χ2v) is 7.02. The zero-order chi connectivity index (χ0) is 17.0. The van der Waals surface area contributed by atoms with Gasteiger partial charge in [-0.1, -0.05) is 34.5 Å². The highest BCUT2D eigenvalue weighted by Crippen LogP contribution is 2.19. The van der Waals surface area contributed by atoms with Crippen LogP contribution in [0.3, 0.4) is 0 Å². The Kier molecular flexibility index (Phi) is 9.45. The molecule has 0 radical (unpaired) electrons. The first-order valence-electron chi connectivity index (χ1n) is 8.88. The second-order valence-electron chi connectivity index (χ2n) is 6.10. The molecule has 1 saturated heterocycles. The van der Waals surface area contributed by atoms with Gasteiger partial charge in [-0.2, -0.15) is 0 Å². The van der Waals surface area contributed by atoms with Crippen LogP contribution in [-0.4, -0.2) is 24.6 Å². The summed E-state index contributed by atoms with van der Waals surface area (Å²) in [6.07, 6.45) is 7.56. The molecule has 0 bridgehead atoms. The molecule has 0 amide bonds. The van der Waals surface area contributed by atoms with Gasteiger partial charge >= 0.3 is 0 Å². The predicted octanol–water partition coefficient (Wildman–Crippen LogP) is 4.98. The van der Waals surface area contributed by atoms with Crippen LogP contribution in [0.25, 0.3) is 0 Å². The number of hydrogen-bond donors (Lipinski definition) is 1. The van der Waals surface area contributed by atoms with Gasteiger partial charge in [-0.25, -0.2) is 0 Å². The van der Waals surface area contributed by atoms with Crippen LogP contribution in [0.15, 0.2) is 28.7 Å². The normalized spacial score (nSPS) is 18.7. The van der Waals surface area contributed by atoms with Gasteiger partial charge in [-0.05, 0) is 49.8 Å². The van der Waals surface area contributed by atoms with Gasteiger partial charge in [0.2, 0.25) is 0 Å². The Labute approximate surface area is 153 Å². The Balaban J connectivity index is 1.48. The van der Waals surface area contributed by atoms with Gasteiger partial charge in [0.05, 0.1) is 6.10 Å². The van der Waals surface area contributed by atoms with Gasteiger partial charge < -0.3 is 14.6 Å². The molecule has 1 aromatic carbocycles. The molecule has 0 aromatic heterocycles. The zero-order valence-electron chi connectivity index (χ0n) is 14.2. The van der Waals surface area contributed by atoms with Gasteiger partial charge in [0, 0.05) is 30.5 Å². The summed E-state index contributed by atoms with van der Waals surface area (Å²) in [5, 5.41) is 10.1. The van der Waals surface area contributed by atoms with Gasteiger partial charge in [0.25, 0.3) is 0 Å². The highest BCUT2D eigenvalue weighted by molar-refractivity contribution is 9.10. The van der Waals surface area contributed by atoms with Crippen molar-refractivity contribution in [1.29, 1.82) is 0 Å². The van der Waals surface area contributed by atoms with Crippen molar-refractivity contribution in [2.75, 3.05) is 13.2 Å². The monoisotopic (exact) mass is 394 g/mol. The van der Waals surface area contributed by atoms with E-state index < -0.39 is 6.10 Å². The maximum atomic E-state index is 10.1. The average Bonchev–Trinajstić information content (AvgIpc) is 2.61. The molecule has 2 rings (SSSR count). The SMILES string of the molecule is OC(CC#CCCCCCOC1CCCCO1)c1ccc(Br)cc1. The van der Waals surface area contributed by atoms with E-state index in [1.165, 1.54) is 6.42 Å². The third-order valence-electron chi connectivity index (χ3n) is 4.06. The fourth-order valence-corrected chi connectivity index (χ4v) is 2.87. The van der Waals surface area contributed by atoms with Crippen LogP contribution in [0, 0.1) is 11.8 Å². The van der Waals surface area contributed by atoms with E-state index in [2.05, 4.69) is 27.8 Å². The zero-order valence-corrected chi connectivity index (χ0v) is 15.8. The molecule has 0 spiro atoms. The van der Waals surface area contributed by atoms with Crippen LogP contribution in [0.2, 0.25) is 0 Å². The van der Waals surface area contributed by atoms with E-state index in [0.717, 1.165) is 61.8 Å². The van der Waals surface area contributed by atoms with Gasteiger partial charge in [-0.3, -0.25) is 0 Å². The Morgan fingerprint density at radius 3 is 2.75 bits per heavy atom. The molecule has 1 heterocycles. The summed E-state index contributed by atoms with van der Waals surface area (Å²) in [5.41, 5.74) is 0.912. The Morgan fingerprint density at radius 2 is 2.00 bits per heavy atom. The topological polar surface area (TPSA) is 38.7 Å². The van der Waals surface area contributed by atoms with Crippen LogP contribution in [0.4, 0.5) is 0 Å². The minimum Gasteiger partial charge on any atom is -0.387 e. The number of halogens is 1. The fraction of sp³-hybridized carbons (Fsp3) is 0.600. The van der Waals surface area contributed by atoms with Gasteiger partial charge in [0.15, 0.2) is 6.29 Å². The van der Waals surface area contributed by atoms with Crippen molar-refractivity contribution in [3.8, 4) is 11.8 Å². The summed E-state index contributed by atoms with van der Waals surface area (Å²) in [5.74, 6) is 6.23. The van der Waals surface area contributed by atoms with Crippen molar-refractivity contribution in [3.63, 3.8) is 0 Å². The largest absolute Gasteiger partial charge is 0.387 e. The summed E-state index contributed by atoms with van der Waals surface area (Å²) in [6.45, 7) is 1.62. The summed E-state index contributed by atoms with van der Waals surface area (Å²) in [4.78, 5) is 0. The van der Waals surface area contributed by atoms with Gasteiger partial charge in [0.1, 0.15) is 0 Å². The number of benzene rings is 1. The first kappa shape index (κ1) is 19.5. The van der Waals surface area contributed by atoms with Crippen molar-refractivity contribution in [1.82, 2.24) is 0 Å². The van der Waals surface area contributed by atoms with E-state index in [1.807, 2.05) is 24.3 Å². The molecule has 1 N–H and O–H groups in total. The second kappa shape index (κ2) is 11.7. The quantitative estimate of drug-likeness (QED) is 0.499. The molecule has 0 aliphatic carbocycles. The summed E-state index contributed by atoms with van der Waals surface area (Å²) >= 11 is 3.39. The number of ether oxygens (including phenoxy) is 2. The molecule has 4 heteroatoms. The van der Waals surface area contributed by atoms with Crippen LogP contribution >= 0.6 is 15.9 Å². The molecular weight excluding hydrogens is 368 g/mol. The number of unbranched alkanes of at least 4 members (excludes halogenated alkanes) is 3. The number of rotatable bonds is 8. The first-order chi connectivity index (χ1) is 11.8. The lowest BCUT2D eigenvalue weighted by atomic mass is 10.1. The molecule has 132 valence electrons. The minimum absolute atomic E-state index is 0.0265. The Morgan fingerprint density at radius 1 is 1.17 bits per heavy atom. The third kappa shape index (κ3) is 7.81. The van der Waals surface area contributed by atoms with Gasteiger partial charge in [-0.15, -0.1) is 11.8 Å². The van der Waals surface area contributed by atoms with Crippen molar-refractivity contribution in [3.05, 3.63) is 34.3 Å². The van der Waals surface area contributed by atoms with Crippen molar-refractivity contribution < 1.29 is 14.6 Å². The highest BCUT2D eigenvalue weighted by atomic mass is 79.9. The molecule has 2 atom stereocenters. The molecule has 1 fully saturated rings. The average molecular weight is 395 g/mol. The minimum atomic E-state index is -0.505. The van der Waals surface area contributed by atoms with Crippen LogP contribution in [0.5, 0.6) is 0 Å². The first-order valence-corrected chi connectivity index (χ1v) is 9.67. The molecule has 2 unspecified atom stereocenters. The van der Waals surface area contributed by atoms with Crippen molar-refractivity contribution in [2.24, 2.45) is 0 Å². The van der Waals surface area contributed by atoms with Crippen LogP contribution in [0.1, 0.15) is 63.0 Å². The van der Waals surface area contributed by atoms with Crippen LogP contribution < -0.4 is 0 Å². The maximum Gasteiger partial charge on any atom is 0.157 e. The van der Waals surface area contributed by atoms with Crippen molar-refractivity contribution in [2.45, 2.75) is 63.8 Å². The molecule has 1 aliphatic heterocycles.